The van der Waals surface area contributed by atoms with Crippen molar-refractivity contribution in [1.29, 1.82) is 0 Å². The first-order valence-electron chi connectivity index (χ1n) is 5.33. The van der Waals surface area contributed by atoms with E-state index in [1.54, 1.807) is 0 Å². The lowest BCUT2D eigenvalue weighted by atomic mass is 10.1. The number of esters is 1. The SMILES string of the molecule is CCOC(=O)c1cc(C(F)F)c(OC)nc1C(F)(F)F. The molecule has 1 aromatic heterocycles. The summed E-state index contributed by atoms with van der Waals surface area (Å²) in [7, 11) is 0.901. The summed E-state index contributed by atoms with van der Waals surface area (Å²) in [5.41, 5.74) is -3.61. The number of rotatable bonds is 4. The number of hydrogen-bond acceptors (Lipinski definition) is 4. The molecule has 0 amide bonds. The lowest BCUT2D eigenvalue weighted by molar-refractivity contribution is -0.142. The van der Waals surface area contributed by atoms with Crippen molar-refractivity contribution in [2.24, 2.45) is 0 Å². The fourth-order valence-electron chi connectivity index (χ4n) is 1.41. The zero-order valence-electron chi connectivity index (χ0n) is 10.4. The average Bonchev–Trinajstić information content (AvgIpc) is 2.36. The molecule has 0 aliphatic carbocycles. The Bertz CT molecular complexity index is 502. The Morgan fingerprint density at radius 3 is 2.40 bits per heavy atom. The van der Waals surface area contributed by atoms with Gasteiger partial charge >= 0.3 is 12.1 Å². The van der Waals surface area contributed by atoms with Crippen molar-refractivity contribution < 1.29 is 36.2 Å². The number of hydrogen-bond donors (Lipinski definition) is 0. The molecule has 0 aromatic carbocycles. The highest BCUT2D eigenvalue weighted by Crippen LogP contribution is 2.36. The largest absolute Gasteiger partial charge is 0.481 e. The summed E-state index contributed by atoms with van der Waals surface area (Å²) in [5.74, 6) is -2.27. The molecule has 1 rings (SSSR count). The van der Waals surface area contributed by atoms with Crippen molar-refractivity contribution in [1.82, 2.24) is 4.98 Å². The third kappa shape index (κ3) is 3.34. The molecule has 0 atom stereocenters. The second-order valence-electron chi connectivity index (χ2n) is 3.50. The van der Waals surface area contributed by atoms with Crippen LogP contribution in [0.15, 0.2) is 6.07 Å². The minimum atomic E-state index is -5.00. The number of halogens is 5. The summed E-state index contributed by atoms with van der Waals surface area (Å²) < 4.78 is 72.6. The van der Waals surface area contributed by atoms with Crippen LogP contribution < -0.4 is 4.74 Å². The van der Waals surface area contributed by atoms with Gasteiger partial charge < -0.3 is 9.47 Å². The molecule has 9 heteroatoms. The molecule has 0 fully saturated rings. The fraction of sp³-hybridized carbons (Fsp3) is 0.455. The maximum absolute atomic E-state index is 12.8. The number of carbonyl (C=O) groups excluding carboxylic acids is 1. The van der Waals surface area contributed by atoms with Crippen LogP contribution in [0.5, 0.6) is 5.88 Å². The number of pyridine rings is 1. The van der Waals surface area contributed by atoms with Crippen LogP contribution in [0.4, 0.5) is 22.0 Å². The monoisotopic (exact) mass is 299 g/mol. The van der Waals surface area contributed by atoms with Crippen LogP contribution in [0.2, 0.25) is 0 Å². The van der Waals surface area contributed by atoms with Crippen LogP contribution in [0.1, 0.15) is 35.0 Å². The summed E-state index contributed by atoms with van der Waals surface area (Å²) in [6.45, 7) is 1.17. The van der Waals surface area contributed by atoms with E-state index in [1.807, 2.05) is 0 Å². The number of nitrogens with zero attached hydrogens (tertiary/aromatic N) is 1. The molecule has 1 aromatic rings. The highest BCUT2D eigenvalue weighted by Gasteiger charge is 2.39. The van der Waals surface area contributed by atoms with Gasteiger partial charge in [-0.25, -0.2) is 18.6 Å². The molecule has 0 unspecified atom stereocenters. The smallest absolute Gasteiger partial charge is 0.434 e. The van der Waals surface area contributed by atoms with E-state index in [9.17, 15) is 26.7 Å². The van der Waals surface area contributed by atoms with E-state index >= 15 is 0 Å². The number of ether oxygens (including phenoxy) is 2. The van der Waals surface area contributed by atoms with Crippen LogP contribution in [0, 0.1) is 0 Å². The molecule has 0 saturated carbocycles. The third-order valence-corrected chi connectivity index (χ3v) is 2.21. The van der Waals surface area contributed by atoms with Gasteiger partial charge in [0.2, 0.25) is 5.88 Å². The summed E-state index contributed by atoms with van der Waals surface area (Å²) in [6, 6.07) is 0.386. The van der Waals surface area contributed by atoms with Gasteiger partial charge in [0.25, 0.3) is 6.43 Å². The first-order chi connectivity index (χ1) is 9.22. The molecular formula is C11H10F5NO3. The topological polar surface area (TPSA) is 48.4 Å². The minimum Gasteiger partial charge on any atom is -0.481 e. The van der Waals surface area contributed by atoms with Crippen molar-refractivity contribution in [3.63, 3.8) is 0 Å². The van der Waals surface area contributed by atoms with E-state index in [-0.39, 0.29) is 6.61 Å². The fourth-order valence-corrected chi connectivity index (χ4v) is 1.41. The zero-order valence-corrected chi connectivity index (χ0v) is 10.4. The molecule has 1 heterocycles. The highest BCUT2D eigenvalue weighted by molar-refractivity contribution is 5.91. The predicted molar refractivity (Wildman–Crippen MR) is 56.7 cm³/mol. The summed E-state index contributed by atoms with van der Waals surface area (Å²) in [4.78, 5) is 14.4. The summed E-state index contributed by atoms with van der Waals surface area (Å²) >= 11 is 0. The Labute approximate surface area is 110 Å². The van der Waals surface area contributed by atoms with Gasteiger partial charge in [0, 0.05) is 0 Å². The van der Waals surface area contributed by atoms with Gasteiger partial charge in [0.1, 0.15) is 0 Å². The second-order valence-corrected chi connectivity index (χ2v) is 3.50. The molecule has 112 valence electrons. The molecule has 4 nitrogen and oxygen atoms in total. The minimum absolute atomic E-state index is 0.202. The van der Waals surface area contributed by atoms with Crippen LogP contribution in [-0.2, 0) is 10.9 Å². The van der Waals surface area contributed by atoms with Crippen molar-refractivity contribution in [2.45, 2.75) is 19.5 Å². The Morgan fingerprint density at radius 1 is 1.40 bits per heavy atom. The number of methoxy groups -OCH3 is 1. The van der Waals surface area contributed by atoms with Crippen LogP contribution >= 0.6 is 0 Å². The predicted octanol–water partition coefficient (Wildman–Crippen LogP) is 3.22. The summed E-state index contributed by atoms with van der Waals surface area (Å²) in [5, 5.41) is 0. The van der Waals surface area contributed by atoms with Gasteiger partial charge in [0.05, 0.1) is 24.8 Å². The Morgan fingerprint density at radius 2 is 2.00 bits per heavy atom. The van der Waals surface area contributed by atoms with E-state index in [1.165, 1.54) is 6.92 Å². The third-order valence-electron chi connectivity index (χ3n) is 2.21. The van der Waals surface area contributed by atoms with Crippen molar-refractivity contribution in [3.8, 4) is 5.88 Å². The molecule has 20 heavy (non-hydrogen) atoms. The maximum Gasteiger partial charge on any atom is 0.434 e. The zero-order chi connectivity index (χ0) is 15.5. The van der Waals surface area contributed by atoms with Crippen molar-refractivity contribution in [3.05, 3.63) is 22.9 Å². The Kier molecular flexibility index (Phi) is 4.85. The standard InChI is InChI=1S/C11H10F5NO3/c1-3-20-10(18)5-4-6(8(12)13)9(19-2)17-7(5)11(14,15)16/h4,8H,3H2,1-2H3. The maximum atomic E-state index is 12.8. The van der Waals surface area contributed by atoms with E-state index in [0.29, 0.717) is 6.07 Å². The first kappa shape index (κ1) is 16.1. The van der Waals surface area contributed by atoms with E-state index in [2.05, 4.69) is 14.5 Å². The average molecular weight is 299 g/mol. The molecule has 0 saturated heterocycles. The van der Waals surface area contributed by atoms with Gasteiger partial charge in [-0.1, -0.05) is 0 Å². The van der Waals surface area contributed by atoms with E-state index in [4.69, 9.17) is 0 Å². The molecule has 0 aliphatic heterocycles. The number of aromatic nitrogens is 1. The van der Waals surface area contributed by atoms with Crippen LogP contribution in [0.25, 0.3) is 0 Å². The lowest BCUT2D eigenvalue weighted by Crippen LogP contribution is -2.19. The molecular weight excluding hydrogens is 289 g/mol. The quantitative estimate of drug-likeness (QED) is 0.632. The first-order valence-corrected chi connectivity index (χ1v) is 5.33. The Hall–Kier alpha value is -1.93. The van der Waals surface area contributed by atoms with Gasteiger partial charge in [-0.3, -0.25) is 0 Å². The van der Waals surface area contributed by atoms with Gasteiger partial charge in [-0.2, -0.15) is 13.2 Å². The highest BCUT2D eigenvalue weighted by atomic mass is 19.4. The summed E-state index contributed by atoms with van der Waals surface area (Å²) in [6.07, 6.45) is -8.15. The van der Waals surface area contributed by atoms with E-state index < -0.39 is 41.3 Å². The lowest BCUT2D eigenvalue weighted by Gasteiger charge is -2.15. The van der Waals surface area contributed by atoms with Crippen molar-refractivity contribution in [2.75, 3.05) is 13.7 Å². The number of carbonyl (C=O) groups is 1. The molecule has 0 radical (unpaired) electrons. The van der Waals surface area contributed by atoms with Gasteiger partial charge in [-0.05, 0) is 13.0 Å². The molecule has 0 spiro atoms. The van der Waals surface area contributed by atoms with Crippen LogP contribution in [-0.4, -0.2) is 24.7 Å². The van der Waals surface area contributed by atoms with E-state index in [0.717, 1.165) is 7.11 Å². The van der Waals surface area contributed by atoms with Crippen molar-refractivity contribution >= 4 is 5.97 Å². The number of alkyl halides is 5. The molecule has 0 N–H and O–H groups in total. The molecule has 0 bridgehead atoms. The van der Waals surface area contributed by atoms with Crippen LogP contribution in [0.3, 0.4) is 0 Å². The second kappa shape index (κ2) is 6.02. The Balaban J connectivity index is 3.52. The van der Waals surface area contributed by atoms with Gasteiger partial charge in [-0.15, -0.1) is 0 Å². The van der Waals surface area contributed by atoms with Gasteiger partial charge in [0.15, 0.2) is 5.69 Å². The normalized spacial score (nSPS) is 11.6. The molecule has 0 aliphatic rings.